The van der Waals surface area contributed by atoms with E-state index in [0.717, 1.165) is 18.2 Å². The van der Waals surface area contributed by atoms with Crippen LogP contribution in [0.3, 0.4) is 0 Å². The SMILES string of the molecule is CC[C@H]1C(=O)N[C@@H](C)C(=O)N2C[C@@H](C)CC2C(=O)O[C@@H](C)[C@H](NC(=O)CCc2cc(F)cc(F)c2)C(=O)N2CCCC2C(=O)N1C. The van der Waals surface area contributed by atoms with Gasteiger partial charge < -0.3 is 30.1 Å². The Morgan fingerprint density at radius 3 is 2.30 bits per heavy atom. The molecule has 3 aliphatic heterocycles. The molecule has 5 amide bonds. The number of cyclic esters (lactones) is 1. The quantitative estimate of drug-likeness (QED) is 0.459. The second-order valence-electron chi connectivity index (χ2n) is 12.6. The Morgan fingerprint density at radius 1 is 0.978 bits per heavy atom. The Hall–Kier alpha value is -4.10. The summed E-state index contributed by atoms with van der Waals surface area (Å²) < 4.78 is 33.1. The highest BCUT2D eigenvalue weighted by atomic mass is 19.1. The Balaban J connectivity index is 1.65. The number of nitrogens with zero attached hydrogens (tertiary/aromatic N) is 3. The molecule has 12 nitrogen and oxygen atoms in total. The van der Waals surface area contributed by atoms with Gasteiger partial charge >= 0.3 is 5.97 Å². The van der Waals surface area contributed by atoms with E-state index in [1.165, 1.54) is 35.6 Å². The third-order valence-electron chi connectivity index (χ3n) is 9.04. The average Bonchev–Trinajstić information content (AvgIpc) is 3.64. The van der Waals surface area contributed by atoms with Crippen molar-refractivity contribution in [2.24, 2.45) is 5.92 Å². The number of halogens is 2. The monoisotopic (exact) mass is 647 g/mol. The number of aryl methyl sites for hydroxylation is 1. The van der Waals surface area contributed by atoms with Gasteiger partial charge in [0.25, 0.3) is 0 Å². The standard InChI is InChI=1S/C32H43F2N5O7/c1-6-23-28(41)35-18(3)29(42)39-16-17(2)12-25(39)32(45)46-19(4)27(31(44)38-11-7-8-24(38)30(43)37(23)5)36-26(40)10-9-20-13-21(33)15-22(34)14-20/h13-15,17-19,23-25,27H,6-12,16H2,1-5H3,(H,35,41)(H,36,40)/t17-,18-,19-,23-,24?,25?,27-/m0/s1. The number of fused-ring (bicyclic) bond motifs is 2. The molecule has 1 aromatic rings. The molecule has 46 heavy (non-hydrogen) atoms. The summed E-state index contributed by atoms with van der Waals surface area (Å²) in [6.07, 6.45) is -0.110. The zero-order valence-electron chi connectivity index (χ0n) is 26.9. The summed E-state index contributed by atoms with van der Waals surface area (Å²) in [6, 6.07) is -2.29. The highest BCUT2D eigenvalue weighted by Gasteiger charge is 2.46. The van der Waals surface area contributed by atoms with Crippen molar-refractivity contribution in [3.05, 3.63) is 35.4 Å². The Kier molecular flexibility index (Phi) is 11.0. The number of hydrogen-bond donors (Lipinski definition) is 2. The van der Waals surface area contributed by atoms with E-state index in [9.17, 15) is 37.5 Å². The predicted molar refractivity (Wildman–Crippen MR) is 161 cm³/mol. The van der Waals surface area contributed by atoms with Gasteiger partial charge in [-0.25, -0.2) is 13.6 Å². The fourth-order valence-corrected chi connectivity index (χ4v) is 6.59. The molecule has 4 rings (SSSR count). The molecule has 0 bridgehead atoms. The lowest BCUT2D eigenvalue weighted by Gasteiger charge is -2.36. The number of amides is 5. The maximum Gasteiger partial charge on any atom is 0.329 e. The van der Waals surface area contributed by atoms with Gasteiger partial charge in [-0.15, -0.1) is 0 Å². The van der Waals surface area contributed by atoms with Gasteiger partial charge in [0, 0.05) is 32.6 Å². The second kappa shape index (κ2) is 14.5. The van der Waals surface area contributed by atoms with Crippen LogP contribution in [0.1, 0.15) is 65.4 Å². The summed E-state index contributed by atoms with van der Waals surface area (Å²) in [5.41, 5.74) is 0.244. The van der Waals surface area contributed by atoms with Crippen molar-refractivity contribution in [1.82, 2.24) is 25.3 Å². The summed E-state index contributed by atoms with van der Waals surface area (Å²) in [4.78, 5) is 85.2. The molecule has 2 unspecified atom stereocenters. The normalized spacial score (nSPS) is 29.8. The van der Waals surface area contributed by atoms with Crippen LogP contribution in [0.4, 0.5) is 8.78 Å². The van der Waals surface area contributed by atoms with Crippen LogP contribution in [0, 0.1) is 17.6 Å². The van der Waals surface area contributed by atoms with E-state index in [0.29, 0.717) is 19.3 Å². The average molecular weight is 648 g/mol. The molecule has 1 aromatic carbocycles. The summed E-state index contributed by atoms with van der Waals surface area (Å²) in [6.45, 7) is 7.02. The molecule has 3 heterocycles. The Labute approximate surface area is 267 Å². The number of benzene rings is 1. The summed E-state index contributed by atoms with van der Waals surface area (Å²) in [5, 5.41) is 5.32. The fourth-order valence-electron chi connectivity index (χ4n) is 6.59. The molecule has 3 saturated heterocycles. The van der Waals surface area contributed by atoms with Crippen molar-refractivity contribution in [2.75, 3.05) is 20.1 Å². The van der Waals surface area contributed by atoms with E-state index in [1.807, 2.05) is 6.92 Å². The van der Waals surface area contributed by atoms with E-state index < -0.39 is 83.5 Å². The molecule has 2 N–H and O–H groups in total. The van der Waals surface area contributed by atoms with E-state index in [2.05, 4.69) is 10.6 Å². The predicted octanol–water partition coefficient (Wildman–Crippen LogP) is 1.30. The van der Waals surface area contributed by atoms with Crippen molar-refractivity contribution >= 4 is 35.5 Å². The van der Waals surface area contributed by atoms with Gasteiger partial charge in [-0.05, 0) is 69.6 Å². The lowest BCUT2D eigenvalue weighted by Crippen LogP contribution is -2.60. The maximum atomic E-state index is 14.1. The maximum absolute atomic E-state index is 14.1. The molecule has 0 aromatic heterocycles. The van der Waals surface area contributed by atoms with E-state index in [4.69, 9.17) is 4.74 Å². The van der Waals surface area contributed by atoms with Crippen LogP contribution in [0.15, 0.2) is 18.2 Å². The van der Waals surface area contributed by atoms with Gasteiger partial charge in [-0.3, -0.25) is 24.0 Å². The van der Waals surface area contributed by atoms with E-state index in [-0.39, 0.29) is 43.8 Å². The van der Waals surface area contributed by atoms with Gasteiger partial charge in [-0.1, -0.05) is 13.8 Å². The first-order valence-corrected chi connectivity index (χ1v) is 15.8. The van der Waals surface area contributed by atoms with Gasteiger partial charge in [0.2, 0.25) is 29.5 Å². The molecule has 3 aliphatic rings. The van der Waals surface area contributed by atoms with Crippen molar-refractivity contribution < 1.29 is 42.3 Å². The van der Waals surface area contributed by atoms with Crippen molar-refractivity contribution in [2.45, 2.75) is 103 Å². The minimum Gasteiger partial charge on any atom is -0.458 e. The van der Waals surface area contributed by atoms with Crippen LogP contribution in [0.2, 0.25) is 0 Å². The lowest BCUT2D eigenvalue weighted by molar-refractivity contribution is -0.162. The number of esters is 1. The summed E-state index contributed by atoms with van der Waals surface area (Å²) in [5.74, 6) is -5.18. The van der Waals surface area contributed by atoms with Gasteiger partial charge in [0.1, 0.15) is 47.9 Å². The third kappa shape index (κ3) is 7.64. The number of likely N-dealkylation sites (N-methyl/N-ethyl adjacent to an activating group) is 1. The number of rotatable bonds is 5. The first-order chi connectivity index (χ1) is 21.7. The van der Waals surface area contributed by atoms with Crippen molar-refractivity contribution in [3.8, 4) is 0 Å². The zero-order chi connectivity index (χ0) is 33.9. The molecule has 0 saturated carbocycles. The minimum atomic E-state index is -1.40. The highest BCUT2D eigenvalue weighted by Crippen LogP contribution is 2.27. The topological polar surface area (TPSA) is 145 Å². The van der Waals surface area contributed by atoms with Crippen molar-refractivity contribution in [1.29, 1.82) is 0 Å². The largest absolute Gasteiger partial charge is 0.458 e. The summed E-state index contributed by atoms with van der Waals surface area (Å²) >= 11 is 0. The second-order valence-corrected chi connectivity index (χ2v) is 12.6. The van der Waals surface area contributed by atoms with Gasteiger partial charge in [0.05, 0.1) is 0 Å². The molecule has 3 fully saturated rings. The lowest BCUT2D eigenvalue weighted by atomic mass is 10.1. The highest BCUT2D eigenvalue weighted by molar-refractivity contribution is 5.97. The van der Waals surface area contributed by atoms with Crippen LogP contribution >= 0.6 is 0 Å². The van der Waals surface area contributed by atoms with E-state index >= 15 is 0 Å². The molecule has 0 aliphatic carbocycles. The van der Waals surface area contributed by atoms with Crippen LogP contribution < -0.4 is 10.6 Å². The third-order valence-corrected chi connectivity index (χ3v) is 9.04. The first kappa shape index (κ1) is 34.8. The Morgan fingerprint density at radius 2 is 1.65 bits per heavy atom. The first-order valence-electron chi connectivity index (χ1n) is 15.8. The van der Waals surface area contributed by atoms with Crippen LogP contribution in [-0.2, 0) is 39.9 Å². The van der Waals surface area contributed by atoms with Crippen LogP contribution in [0.25, 0.3) is 0 Å². The fraction of sp³-hybridized carbons (Fsp3) is 0.625. The van der Waals surface area contributed by atoms with Gasteiger partial charge in [0.15, 0.2) is 0 Å². The smallest absolute Gasteiger partial charge is 0.329 e. The molecular formula is C32H43F2N5O7. The number of hydrogen-bond acceptors (Lipinski definition) is 7. The zero-order valence-corrected chi connectivity index (χ0v) is 26.9. The molecular weight excluding hydrogens is 604 g/mol. The molecule has 0 spiro atoms. The number of carbonyl (C=O) groups is 6. The molecule has 0 radical (unpaired) electrons. The molecule has 252 valence electrons. The van der Waals surface area contributed by atoms with Crippen LogP contribution in [0.5, 0.6) is 0 Å². The number of carbonyl (C=O) groups excluding carboxylic acids is 6. The van der Waals surface area contributed by atoms with E-state index in [1.54, 1.807) is 6.92 Å². The molecule has 14 heteroatoms. The number of ether oxygens (including phenoxy) is 1. The summed E-state index contributed by atoms with van der Waals surface area (Å²) in [7, 11) is 1.48. The van der Waals surface area contributed by atoms with Gasteiger partial charge in [-0.2, -0.15) is 0 Å². The Bertz CT molecular complexity index is 1360. The minimum absolute atomic E-state index is 0.0269. The molecule has 7 atom stereocenters. The number of nitrogens with one attached hydrogen (secondary N) is 2. The van der Waals surface area contributed by atoms with Crippen LogP contribution in [-0.4, -0.2) is 107 Å². The van der Waals surface area contributed by atoms with Crippen molar-refractivity contribution in [3.63, 3.8) is 0 Å².